The molecule has 2 fully saturated rings. The summed E-state index contributed by atoms with van der Waals surface area (Å²) in [5, 5.41) is 2.93. The molecule has 0 aromatic heterocycles. The first-order valence-corrected chi connectivity index (χ1v) is 8.77. The maximum absolute atomic E-state index is 12.4. The number of hydrogen-bond donors (Lipinski definition) is 1. The molecule has 1 aromatic rings. The van der Waals surface area contributed by atoms with Crippen LogP contribution in [0.15, 0.2) is 24.3 Å². The third kappa shape index (κ3) is 4.26. The largest absolute Gasteiger partial charge is 0.378 e. The third-order valence-corrected chi connectivity index (χ3v) is 4.57. The summed E-state index contributed by atoms with van der Waals surface area (Å²) in [6.07, 6.45) is 4.53. The van der Waals surface area contributed by atoms with Gasteiger partial charge in [0.05, 0.1) is 13.2 Å². The van der Waals surface area contributed by atoms with Gasteiger partial charge in [-0.2, -0.15) is 0 Å². The van der Waals surface area contributed by atoms with Crippen molar-refractivity contribution in [3.05, 3.63) is 29.8 Å². The van der Waals surface area contributed by atoms with Crippen molar-refractivity contribution in [1.29, 1.82) is 0 Å². The van der Waals surface area contributed by atoms with Gasteiger partial charge in [-0.1, -0.05) is 12.8 Å². The van der Waals surface area contributed by atoms with Crippen LogP contribution < -0.4 is 5.32 Å². The van der Waals surface area contributed by atoms with E-state index < -0.39 is 0 Å². The van der Waals surface area contributed by atoms with Crippen LogP contribution in [-0.4, -0.2) is 61.1 Å². The molecule has 2 saturated heterocycles. The summed E-state index contributed by atoms with van der Waals surface area (Å²) >= 11 is 0. The summed E-state index contributed by atoms with van der Waals surface area (Å²) in [6, 6.07) is 7.09. The average Bonchev–Trinajstić information content (AvgIpc) is 2.92. The Morgan fingerprint density at radius 3 is 2.08 bits per heavy atom. The van der Waals surface area contributed by atoms with Gasteiger partial charge in [0.15, 0.2) is 0 Å². The maximum atomic E-state index is 12.4. The monoisotopic (exact) mass is 331 g/mol. The second kappa shape index (κ2) is 8.15. The molecule has 0 unspecified atom stereocenters. The highest BCUT2D eigenvalue weighted by atomic mass is 16.5. The highest BCUT2D eigenvalue weighted by molar-refractivity contribution is 5.95. The molecule has 0 spiro atoms. The zero-order valence-electron chi connectivity index (χ0n) is 14.0. The Balaban J connectivity index is 1.57. The first kappa shape index (κ1) is 16.8. The molecule has 0 atom stereocenters. The van der Waals surface area contributed by atoms with E-state index in [0.717, 1.165) is 31.6 Å². The van der Waals surface area contributed by atoms with E-state index in [9.17, 15) is 9.59 Å². The fourth-order valence-corrected chi connectivity index (χ4v) is 3.12. The predicted octanol–water partition coefficient (Wildman–Crippen LogP) is 2.57. The Morgan fingerprint density at radius 1 is 0.833 bits per heavy atom. The second-order valence-electron chi connectivity index (χ2n) is 6.31. The Labute approximate surface area is 142 Å². The van der Waals surface area contributed by atoms with E-state index in [1.807, 2.05) is 4.90 Å². The molecule has 0 saturated carbocycles. The van der Waals surface area contributed by atoms with Gasteiger partial charge in [0, 0.05) is 37.4 Å². The number of rotatable bonds is 2. The third-order valence-electron chi connectivity index (χ3n) is 4.57. The van der Waals surface area contributed by atoms with Crippen LogP contribution in [0.1, 0.15) is 36.0 Å². The van der Waals surface area contributed by atoms with E-state index in [0.29, 0.717) is 31.9 Å². The van der Waals surface area contributed by atoms with Gasteiger partial charge in [0.2, 0.25) is 0 Å². The number of benzene rings is 1. The lowest BCUT2D eigenvalue weighted by Crippen LogP contribution is -2.40. The number of nitrogens with one attached hydrogen (secondary N) is 1. The standard InChI is InChI=1S/C18H25N3O3/c22-17(20-11-13-24-14-12-20)15-5-7-16(8-6-15)19-18(23)21-9-3-1-2-4-10-21/h5-8H,1-4,9-14H2,(H,19,23). The van der Waals surface area contributed by atoms with Crippen LogP contribution in [0.5, 0.6) is 0 Å². The van der Waals surface area contributed by atoms with Crippen LogP contribution in [0.2, 0.25) is 0 Å². The van der Waals surface area contributed by atoms with Crippen molar-refractivity contribution in [3.63, 3.8) is 0 Å². The van der Waals surface area contributed by atoms with Gasteiger partial charge < -0.3 is 19.9 Å². The quantitative estimate of drug-likeness (QED) is 0.906. The molecular formula is C18H25N3O3. The Hall–Kier alpha value is -2.08. The van der Waals surface area contributed by atoms with Crippen LogP contribution in [-0.2, 0) is 4.74 Å². The number of anilines is 1. The van der Waals surface area contributed by atoms with E-state index in [-0.39, 0.29) is 11.9 Å². The van der Waals surface area contributed by atoms with Crippen molar-refractivity contribution in [2.24, 2.45) is 0 Å². The van der Waals surface area contributed by atoms with Gasteiger partial charge in [-0.25, -0.2) is 4.79 Å². The smallest absolute Gasteiger partial charge is 0.321 e. The van der Waals surface area contributed by atoms with E-state index in [2.05, 4.69) is 5.32 Å². The number of carbonyl (C=O) groups excluding carboxylic acids is 2. The number of ether oxygens (including phenoxy) is 1. The molecule has 130 valence electrons. The average molecular weight is 331 g/mol. The molecule has 3 rings (SSSR count). The number of nitrogens with zero attached hydrogens (tertiary/aromatic N) is 2. The van der Waals surface area contributed by atoms with Crippen molar-refractivity contribution in [1.82, 2.24) is 9.80 Å². The lowest BCUT2D eigenvalue weighted by Gasteiger charge is -2.27. The van der Waals surface area contributed by atoms with Crippen molar-refractivity contribution in [3.8, 4) is 0 Å². The minimum absolute atomic E-state index is 0.0173. The summed E-state index contributed by atoms with van der Waals surface area (Å²) in [5.74, 6) is 0.0173. The molecule has 2 aliphatic rings. The molecule has 6 heteroatoms. The summed E-state index contributed by atoms with van der Waals surface area (Å²) in [7, 11) is 0. The van der Waals surface area contributed by atoms with Crippen LogP contribution in [0.25, 0.3) is 0 Å². The molecule has 1 N–H and O–H groups in total. The summed E-state index contributed by atoms with van der Waals surface area (Å²) in [5.41, 5.74) is 1.37. The van der Waals surface area contributed by atoms with Gasteiger partial charge >= 0.3 is 6.03 Å². The van der Waals surface area contributed by atoms with Gasteiger partial charge in [0.1, 0.15) is 0 Å². The molecule has 0 radical (unpaired) electrons. The minimum atomic E-state index is -0.0517. The second-order valence-corrected chi connectivity index (χ2v) is 6.31. The number of urea groups is 1. The molecule has 0 bridgehead atoms. The van der Waals surface area contributed by atoms with Crippen LogP contribution >= 0.6 is 0 Å². The van der Waals surface area contributed by atoms with Gasteiger partial charge in [0.25, 0.3) is 5.91 Å². The SMILES string of the molecule is O=C(Nc1ccc(C(=O)N2CCOCC2)cc1)N1CCCCCC1. The molecule has 3 amide bonds. The van der Waals surface area contributed by atoms with Gasteiger partial charge in [-0.15, -0.1) is 0 Å². The van der Waals surface area contributed by atoms with Crippen LogP contribution in [0.3, 0.4) is 0 Å². The topological polar surface area (TPSA) is 61.9 Å². The van der Waals surface area contributed by atoms with E-state index in [4.69, 9.17) is 4.74 Å². The summed E-state index contributed by atoms with van der Waals surface area (Å²) < 4.78 is 5.27. The Kier molecular flexibility index (Phi) is 5.69. The summed E-state index contributed by atoms with van der Waals surface area (Å²) in [4.78, 5) is 28.4. The van der Waals surface area contributed by atoms with E-state index >= 15 is 0 Å². The predicted molar refractivity (Wildman–Crippen MR) is 92.2 cm³/mol. The molecule has 0 aliphatic carbocycles. The molecule has 2 heterocycles. The Morgan fingerprint density at radius 2 is 1.46 bits per heavy atom. The van der Waals surface area contributed by atoms with E-state index in [1.165, 1.54) is 12.8 Å². The molecule has 6 nitrogen and oxygen atoms in total. The van der Waals surface area contributed by atoms with Crippen molar-refractivity contribution in [2.75, 3.05) is 44.7 Å². The minimum Gasteiger partial charge on any atom is -0.378 e. The maximum Gasteiger partial charge on any atom is 0.321 e. The highest BCUT2D eigenvalue weighted by Gasteiger charge is 2.19. The first-order chi connectivity index (χ1) is 11.7. The van der Waals surface area contributed by atoms with Gasteiger partial charge in [-0.05, 0) is 37.1 Å². The number of carbonyl (C=O) groups is 2. The van der Waals surface area contributed by atoms with Crippen molar-refractivity contribution < 1.29 is 14.3 Å². The number of hydrogen-bond acceptors (Lipinski definition) is 3. The molecular weight excluding hydrogens is 306 g/mol. The lowest BCUT2D eigenvalue weighted by molar-refractivity contribution is 0.0303. The Bertz CT molecular complexity index is 559. The highest BCUT2D eigenvalue weighted by Crippen LogP contribution is 2.15. The normalized spacial score (nSPS) is 18.8. The number of amides is 3. The molecule has 24 heavy (non-hydrogen) atoms. The fourth-order valence-electron chi connectivity index (χ4n) is 3.12. The summed E-state index contributed by atoms with van der Waals surface area (Å²) in [6.45, 7) is 4.09. The van der Waals surface area contributed by atoms with Crippen LogP contribution in [0.4, 0.5) is 10.5 Å². The first-order valence-electron chi connectivity index (χ1n) is 8.77. The van der Waals surface area contributed by atoms with Gasteiger partial charge in [-0.3, -0.25) is 4.79 Å². The van der Waals surface area contributed by atoms with Crippen LogP contribution in [0, 0.1) is 0 Å². The van der Waals surface area contributed by atoms with Crippen molar-refractivity contribution >= 4 is 17.6 Å². The zero-order valence-corrected chi connectivity index (χ0v) is 14.0. The number of morpholine rings is 1. The molecule has 2 aliphatic heterocycles. The molecule has 1 aromatic carbocycles. The fraction of sp³-hybridized carbons (Fsp3) is 0.556. The number of likely N-dealkylation sites (tertiary alicyclic amines) is 1. The zero-order chi connectivity index (χ0) is 16.8. The van der Waals surface area contributed by atoms with Crippen molar-refractivity contribution in [2.45, 2.75) is 25.7 Å². The lowest BCUT2D eigenvalue weighted by atomic mass is 10.1. The van der Waals surface area contributed by atoms with E-state index in [1.54, 1.807) is 29.2 Å².